The van der Waals surface area contributed by atoms with E-state index >= 15 is 0 Å². The average molecular weight is 286 g/mol. The van der Waals surface area contributed by atoms with Gasteiger partial charge in [-0.1, -0.05) is 19.8 Å². The summed E-state index contributed by atoms with van der Waals surface area (Å²) in [6.45, 7) is 1.96. The molecule has 20 heavy (non-hydrogen) atoms. The lowest BCUT2D eigenvalue weighted by Gasteiger charge is -2.35. The number of ketones is 1. The fourth-order valence-corrected chi connectivity index (χ4v) is 2.89. The van der Waals surface area contributed by atoms with Crippen LogP contribution in [0.1, 0.15) is 48.5 Å². The smallest absolute Gasteiger partial charge is 0.319 e. The highest BCUT2D eigenvalue weighted by molar-refractivity contribution is 6.04. The first-order valence-electron chi connectivity index (χ1n) is 6.59. The number of Topliss-reactive ketones (excluding diaryl/α,β-unsaturated/α-hetero) is 1. The maximum Gasteiger partial charge on any atom is 0.417 e. The predicted molar refractivity (Wildman–Crippen MR) is 68.1 cm³/mol. The Balaban J connectivity index is 2.39. The van der Waals surface area contributed by atoms with Crippen molar-refractivity contribution in [3.05, 3.63) is 29.6 Å². The van der Waals surface area contributed by atoms with Crippen LogP contribution in [0.25, 0.3) is 0 Å². The maximum atomic E-state index is 13.0. The number of nitrogens with two attached hydrogens (primary N) is 1. The molecule has 1 fully saturated rings. The highest BCUT2D eigenvalue weighted by Crippen LogP contribution is 2.37. The van der Waals surface area contributed by atoms with Crippen molar-refractivity contribution in [1.29, 1.82) is 0 Å². The summed E-state index contributed by atoms with van der Waals surface area (Å²) in [4.78, 5) is 16.1. The highest BCUT2D eigenvalue weighted by Gasteiger charge is 2.43. The van der Waals surface area contributed by atoms with Crippen LogP contribution in [0.3, 0.4) is 0 Å². The molecule has 0 aliphatic heterocycles. The largest absolute Gasteiger partial charge is 0.417 e. The molecule has 2 N–H and O–H groups in total. The van der Waals surface area contributed by atoms with Crippen molar-refractivity contribution >= 4 is 5.78 Å². The molecule has 2 atom stereocenters. The fraction of sp³-hybridized carbons (Fsp3) is 0.571. The second-order valence-electron chi connectivity index (χ2n) is 5.61. The molecule has 1 aliphatic rings. The molecule has 0 aromatic carbocycles. The highest BCUT2D eigenvalue weighted by atomic mass is 19.4. The Bertz CT molecular complexity index is 515. The summed E-state index contributed by atoms with van der Waals surface area (Å²) in [6, 6.07) is 0.822. The van der Waals surface area contributed by atoms with E-state index in [0.717, 1.165) is 31.3 Å². The molecular weight excluding hydrogens is 269 g/mol. The van der Waals surface area contributed by atoms with Crippen molar-refractivity contribution in [3.63, 3.8) is 0 Å². The van der Waals surface area contributed by atoms with Crippen LogP contribution in [0, 0.1) is 5.92 Å². The number of hydrogen-bond acceptors (Lipinski definition) is 3. The molecule has 6 heteroatoms. The van der Waals surface area contributed by atoms with Gasteiger partial charge in [0.1, 0.15) is 0 Å². The van der Waals surface area contributed by atoms with Crippen LogP contribution in [0.15, 0.2) is 18.5 Å². The van der Waals surface area contributed by atoms with Gasteiger partial charge in [0.05, 0.1) is 16.7 Å². The van der Waals surface area contributed by atoms with E-state index in [2.05, 4.69) is 4.98 Å². The van der Waals surface area contributed by atoms with E-state index < -0.39 is 28.6 Å². The molecule has 2 rings (SSSR count). The van der Waals surface area contributed by atoms with Gasteiger partial charge in [0.2, 0.25) is 0 Å². The quantitative estimate of drug-likeness (QED) is 0.849. The van der Waals surface area contributed by atoms with Crippen LogP contribution in [-0.4, -0.2) is 16.3 Å². The van der Waals surface area contributed by atoms with E-state index in [9.17, 15) is 18.0 Å². The predicted octanol–water partition coefficient (Wildman–Crippen LogP) is 3.19. The van der Waals surface area contributed by atoms with Crippen LogP contribution < -0.4 is 5.73 Å². The summed E-state index contributed by atoms with van der Waals surface area (Å²) in [5, 5.41) is 0. The number of pyridine rings is 1. The summed E-state index contributed by atoms with van der Waals surface area (Å²) in [7, 11) is 0. The van der Waals surface area contributed by atoms with E-state index in [4.69, 9.17) is 5.73 Å². The van der Waals surface area contributed by atoms with Crippen LogP contribution in [0.2, 0.25) is 0 Å². The Morgan fingerprint density at radius 3 is 2.80 bits per heavy atom. The number of halogens is 3. The second kappa shape index (κ2) is 5.16. The molecule has 0 bridgehead atoms. The molecule has 1 aromatic heterocycles. The van der Waals surface area contributed by atoms with Crippen LogP contribution in [0.5, 0.6) is 0 Å². The van der Waals surface area contributed by atoms with Gasteiger partial charge >= 0.3 is 6.18 Å². The molecule has 1 saturated carbocycles. The number of aromatic nitrogens is 1. The lowest BCUT2D eigenvalue weighted by Crippen LogP contribution is -2.51. The lowest BCUT2D eigenvalue weighted by molar-refractivity contribution is -0.138. The normalized spacial score (nSPS) is 27.4. The van der Waals surface area contributed by atoms with Gasteiger partial charge in [-0.15, -0.1) is 0 Å². The Labute approximate surface area is 115 Å². The molecule has 0 spiro atoms. The van der Waals surface area contributed by atoms with Gasteiger partial charge in [-0.2, -0.15) is 13.2 Å². The molecule has 0 saturated heterocycles. The Hall–Kier alpha value is -1.43. The minimum Gasteiger partial charge on any atom is -0.319 e. The van der Waals surface area contributed by atoms with Gasteiger partial charge < -0.3 is 5.73 Å². The fourth-order valence-electron chi connectivity index (χ4n) is 2.89. The van der Waals surface area contributed by atoms with Gasteiger partial charge in [0.25, 0.3) is 0 Å². The molecule has 0 radical (unpaired) electrons. The van der Waals surface area contributed by atoms with Crippen molar-refractivity contribution in [2.45, 2.75) is 44.3 Å². The zero-order valence-corrected chi connectivity index (χ0v) is 11.2. The van der Waals surface area contributed by atoms with E-state index in [1.165, 1.54) is 0 Å². The summed E-state index contributed by atoms with van der Waals surface area (Å²) in [5.41, 5.74) is 3.51. The number of carbonyl (C=O) groups excluding carboxylic acids is 1. The van der Waals surface area contributed by atoms with Gasteiger partial charge in [-0.05, 0) is 24.8 Å². The van der Waals surface area contributed by atoms with Gasteiger partial charge in [0, 0.05) is 12.4 Å². The molecule has 1 heterocycles. The standard InChI is InChI=1S/C14H17F3N2O/c1-9-3-2-5-13(18,7-9)12(20)10-8-19-6-4-11(10)14(15,16)17/h4,6,8-9H,2-3,5,7,18H2,1H3. The summed E-state index contributed by atoms with van der Waals surface area (Å²) in [5.74, 6) is -0.409. The maximum absolute atomic E-state index is 13.0. The Morgan fingerprint density at radius 1 is 1.50 bits per heavy atom. The molecule has 110 valence electrons. The van der Waals surface area contributed by atoms with Crippen molar-refractivity contribution < 1.29 is 18.0 Å². The third-order valence-electron chi connectivity index (χ3n) is 3.86. The first kappa shape index (κ1) is 15.0. The van der Waals surface area contributed by atoms with Crippen molar-refractivity contribution in [3.8, 4) is 0 Å². The van der Waals surface area contributed by atoms with E-state index in [1.807, 2.05) is 6.92 Å². The number of alkyl halides is 3. The summed E-state index contributed by atoms with van der Waals surface area (Å²) in [6.07, 6.45) is -0.0350. The van der Waals surface area contributed by atoms with Crippen LogP contribution in [-0.2, 0) is 6.18 Å². The third kappa shape index (κ3) is 2.85. The lowest BCUT2D eigenvalue weighted by atomic mass is 9.73. The van der Waals surface area contributed by atoms with Gasteiger partial charge in [0.15, 0.2) is 5.78 Å². The van der Waals surface area contributed by atoms with Crippen LogP contribution in [0.4, 0.5) is 13.2 Å². The molecular formula is C14H17F3N2O. The van der Waals surface area contributed by atoms with Crippen molar-refractivity contribution in [2.75, 3.05) is 0 Å². The average Bonchev–Trinajstić information content (AvgIpc) is 2.36. The number of nitrogens with zero attached hydrogens (tertiary/aromatic N) is 1. The topological polar surface area (TPSA) is 56.0 Å². The summed E-state index contributed by atoms with van der Waals surface area (Å²) >= 11 is 0. The Kier molecular flexibility index (Phi) is 3.86. The second-order valence-corrected chi connectivity index (χ2v) is 5.61. The third-order valence-corrected chi connectivity index (χ3v) is 3.86. The molecule has 1 aliphatic carbocycles. The molecule has 0 amide bonds. The molecule has 2 unspecified atom stereocenters. The Morgan fingerprint density at radius 2 is 2.20 bits per heavy atom. The summed E-state index contributed by atoms with van der Waals surface area (Å²) < 4.78 is 38.9. The van der Waals surface area contributed by atoms with Gasteiger partial charge in [-0.3, -0.25) is 9.78 Å². The van der Waals surface area contributed by atoms with E-state index in [0.29, 0.717) is 12.8 Å². The molecule has 3 nitrogen and oxygen atoms in total. The number of rotatable bonds is 2. The van der Waals surface area contributed by atoms with E-state index in [-0.39, 0.29) is 5.92 Å². The molecule has 1 aromatic rings. The van der Waals surface area contributed by atoms with Crippen molar-refractivity contribution in [1.82, 2.24) is 4.98 Å². The first-order valence-corrected chi connectivity index (χ1v) is 6.59. The van der Waals surface area contributed by atoms with Crippen LogP contribution >= 0.6 is 0 Å². The minimum atomic E-state index is -4.58. The number of carbonyl (C=O) groups is 1. The minimum absolute atomic E-state index is 0.240. The van der Waals surface area contributed by atoms with Gasteiger partial charge in [-0.25, -0.2) is 0 Å². The first-order chi connectivity index (χ1) is 9.24. The van der Waals surface area contributed by atoms with E-state index in [1.54, 1.807) is 0 Å². The zero-order valence-electron chi connectivity index (χ0n) is 11.2. The zero-order chi connectivity index (χ0) is 15.0. The SMILES string of the molecule is CC1CCCC(N)(C(=O)c2cnccc2C(F)(F)F)C1. The number of hydrogen-bond donors (Lipinski definition) is 1. The van der Waals surface area contributed by atoms with Crippen molar-refractivity contribution in [2.24, 2.45) is 11.7 Å². The monoisotopic (exact) mass is 286 g/mol.